The molecule has 1 aromatic heterocycles. The molecule has 0 unspecified atom stereocenters. The lowest BCUT2D eigenvalue weighted by molar-refractivity contribution is 1.20. The number of fused-ring (bicyclic) bond motifs is 1. The van der Waals surface area contributed by atoms with Crippen LogP contribution in [0.1, 0.15) is 16.7 Å². The molecule has 3 rings (SSSR count). The number of aromatic amines is 1. The van der Waals surface area contributed by atoms with E-state index in [0.29, 0.717) is 16.8 Å². The van der Waals surface area contributed by atoms with Crippen molar-refractivity contribution in [1.29, 1.82) is 5.26 Å². The quantitative estimate of drug-likeness (QED) is 0.710. The molecular formula is C18H14N4O. The Hall–Kier alpha value is -3.26. The maximum atomic E-state index is 11.9. The Balaban J connectivity index is 2.28. The summed E-state index contributed by atoms with van der Waals surface area (Å²) >= 11 is 0. The highest BCUT2D eigenvalue weighted by Gasteiger charge is 2.13. The summed E-state index contributed by atoms with van der Waals surface area (Å²) in [6.45, 7) is 3.69. The maximum Gasteiger partial charge on any atom is 0.266 e. The fraction of sp³-hybridized carbons (Fsp3) is 0.111. The van der Waals surface area contributed by atoms with Gasteiger partial charge < -0.3 is 4.98 Å². The van der Waals surface area contributed by atoms with Gasteiger partial charge in [0.05, 0.1) is 16.9 Å². The zero-order valence-electron chi connectivity index (χ0n) is 12.8. The molecule has 0 saturated heterocycles. The Kier molecular flexibility index (Phi) is 3.73. The molecule has 3 aromatic rings. The Bertz CT molecular complexity index is 1010. The third-order valence-electron chi connectivity index (χ3n) is 3.74. The number of rotatable bonds is 2. The van der Waals surface area contributed by atoms with E-state index < -0.39 is 0 Å². The summed E-state index contributed by atoms with van der Waals surface area (Å²) in [4.78, 5) is 14.7. The van der Waals surface area contributed by atoms with Crippen LogP contribution in [0.5, 0.6) is 0 Å². The van der Waals surface area contributed by atoms with Gasteiger partial charge in [0.1, 0.15) is 11.6 Å². The number of benzene rings is 2. The van der Waals surface area contributed by atoms with Crippen molar-refractivity contribution >= 4 is 22.3 Å². The van der Waals surface area contributed by atoms with Crippen LogP contribution in [0.3, 0.4) is 0 Å². The van der Waals surface area contributed by atoms with Crippen LogP contribution in [0.25, 0.3) is 10.9 Å². The monoisotopic (exact) mass is 302 g/mol. The molecule has 0 radical (unpaired) electrons. The van der Waals surface area contributed by atoms with Crippen molar-refractivity contribution in [2.45, 2.75) is 13.8 Å². The summed E-state index contributed by atoms with van der Waals surface area (Å²) in [7, 11) is 0. The van der Waals surface area contributed by atoms with Gasteiger partial charge in [-0.25, -0.2) is 0 Å². The van der Waals surface area contributed by atoms with Crippen molar-refractivity contribution in [2.24, 2.45) is 10.2 Å². The lowest BCUT2D eigenvalue weighted by atomic mass is 10.0. The molecule has 0 aliphatic rings. The lowest BCUT2D eigenvalue weighted by Gasteiger charge is -2.09. The molecule has 1 N–H and O–H groups in total. The number of nitrogens with zero attached hydrogens (tertiary/aromatic N) is 3. The van der Waals surface area contributed by atoms with Crippen LogP contribution < -0.4 is 5.56 Å². The van der Waals surface area contributed by atoms with E-state index in [1.165, 1.54) is 0 Å². The summed E-state index contributed by atoms with van der Waals surface area (Å²) in [6, 6.07) is 15.1. The van der Waals surface area contributed by atoms with Crippen LogP contribution in [0.2, 0.25) is 0 Å². The van der Waals surface area contributed by atoms with E-state index in [0.717, 1.165) is 16.6 Å². The Morgan fingerprint density at radius 3 is 2.48 bits per heavy atom. The van der Waals surface area contributed by atoms with Crippen molar-refractivity contribution < 1.29 is 0 Å². The normalized spacial score (nSPS) is 11.0. The van der Waals surface area contributed by atoms with Crippen LogP contribution in [0, 0.1) is 25.2 Å². The van der Waals surface area contributed by atoms with Gasteiger partial charge in [-0.05, 0) is 43.2 Å². The number of nitriles is 1. The summed E-state index contributed by atoms with van der Waals surface area (Å²) in [5.74, 6) is 0. The van der Waals surface area contributed by atoms with Crippen LogP contribution in [-0.4, -0.2) is 4.98 Å². The van der Waals surface area contributed by atoms with Gasteiger partial charge in [-0.1, -0.05) is 24.3 Å². The summed E-state index contributed by atoms with van der Waals surface area (Å²) in [5.41, 5.74) is 3.34. The second-order valence-electron chi connectivity index (χ2n) is 5.26. The molecule has 0 fully saturated rings. The molecule has 112 valence electrons. The topological polar surface area (TPSA) is 81.4 Å². The predicted octanol–water partition coefficient (Wildman–Crippen LogP) is 4.43. The first kappa shape index (κ1) is 14.7. The highest BCUT2D eigenvalue weighted by molar-refractivity contribution is 5.95. The van der Waals surface area contributed by atoms with Crippen molar-refractivity contribution in [3.05, 3.63) is 69.5 Å². The van der Waals surface area contributed by atoms with Gasteiger partial charge >= 0.3 is 0 Å². The second kappa shape index (κ2) is 5.85. The predicted molar refractivity (Wildman–Crippen MR) is 89.4 cm³/mol. The number of aryl methyl sites for hydroxylation is 2. The van der Waals surface area contributed by atoms with Crippen molar-refractivity contribution in [1.82, 2.24) is 4.98 Å². The largest absolute Gasteiger partial charge is 0.321 e. The summed E-state index contributed by atoms with van der Waals surface area (Å²) < 4.78 is 0. The SMILES string of the molecule is Cc1ccc2[nH]c(=O)c(C#N)c(C)c2c1N=Nc1ccccc1. The smallest absolute Gasteiger partial charge is 0.266 e. The molecule has 0 saturated carbocycles. The number of H-pyrrole nitrogens is 1. The molecule has 1 heterocycles. The number of nitrogens with one attached hydrogen (secondary N) is 1. The third kappa shape index (κ3) is 2.62. The zero-order chi connectivity index (χ0) is 16.4. The Morgan fingerprint density at radius 2 is 1.78 bits per heavy atom. The van der Waals surface area contributed by atoms with Crippen LogP contribution in [0.4, 0.5) is 11.4 Å². The van der Waals surface area contributed by atoms with E-state index in [1.807, 2.05) is 55.5 Å². The van der Waals surface area contributed by atoms with E-state index in [4.69, 9.17) is 0 Å². The third-order valence-corrected chi connectivity index (χ3v) is 3.74. The molecule has 0 atom stereocenters. The standard InChI is InChI=1S/C18H14N4O/c1-11-8-9-15-16(12(2)14(10-19)18(23)20-15)17(11)22-21-13-6-4-3-5-7-13/h3-9H,1-2H3,(H,20,23). The van der Waals surface area contributed by atoms with E-state index in [2.05, 4.69) is 15.2 Å². The van der Waals surface area contributed by atoms with Gasteiger partial charge in [0.25, 0.3) is 5.56 Å². The van der Waals surface area contributed by atoms with Gasteiger partial charge in [0, 0.05) is 5.39 Å². The molecule has 2 aromatic carbocycles. The van der Waals surface area contributed by atoms with Gasteiger partial charge in [0.2, 0.25) is 0 Å². The van der Waals surface area contributed by atoms with Gasteiger partial charge in [-0.3, -0.25) is 4.79 Å². The fourth-order valence-corrected chi connectivity index (χ4v) is 2.53. The average Bonchev–Trinajstić information content (AvgIpc) is 2.55. The van der Waals surface area contributed by atoms with E-state index in [-0.39, 0.29) is 11.1 Å². The summed E-state index contributed by atoms with van der Waals surface area (Å²) in [5, 5.41) is 18.6. The fourth-order valence-electron chi connectivity index (χ4n) is 2.53. The number of hydrogen-bond acceptors (Lipinski definition) is 4. The first-order chi connectivity index (χ1) is 11.1. The summed E-state index contributed by atoms with van der Waals surface area (Å²) in [6.07, 6.45) is 0. The lowest BCUT2D eigenvalue weighted by Crippen LogP contribution is -2.12. The van der Waals surface area contributed by atoms with Crippen LogP contribution in [0.15, 0.2) is 57.5 Å². The van der Waals surface area contributed by atoms with Gasteiger partial charge in [-0.2, -0.15) is 10.4 Å². The van der Waals surface area contributed by atoms with E-state index in [1.54, 1.807) is 6.92 Å². The minimum absolute atomic E-state index is 0.110. The highest BCUT2D eigenvalue weighted by atomic mass is 16.1. The zero-order valence-corrected chi connectivity index (χ0v) is 12.8. The second-order valence-corrected chi connectivity index (χ2v) is 5.26. The number of pyridine rings is 1. The molecule has 0 aliphatic carbocycles. The van der Waals surface area contributed by atoms with Crippen LogP contribution >= 0.6 is 0 Å². The molecule has 0 amide bonds. The Morgan fingerprint density at radius 1 is 1.04 bits per heavy atom. The first-order valence-electron chi connectivity index (χ1n) is 7.15. The van der Waals surface area contributed by atoms with Crippen molar-refractivity contribution in [3.8, 4) is 6.07 Å². The van der Waals surface area contributed by atoms with E-state index in [9.17, 15) is 10.1 Å². The average molecular weight is 302 g/mol. The molecule has 0 aliphatic heterocycles. The van der Waals surface area contributed by atoms with E-state index >= 15 is 0 Å². The molecule has 0 spiro atoms. The maximum absolute atomic E-state index is 11.9. The van der Waals surface area contributed by atoms with Crippen molar-refractivity contribution in [3.63, 3.8) is 0 Å². The number of hydrogen-bond donors (Lipinski definition) is 1. The van der Waals surface area contributed by atoms with Crippen LogP contribution in [-0.2, 0) is 0 Å². The number of aromatic nitrogens is 1. The molecular weight excluding hydrogens is 288 g/mol. The minimum Gasteiger partial charge on any atom is -0.321 e. The van der Waals surface area contributed by atoms with Gasteiger partial charge in [-0.15, -0.1) is 5.11 Å². The van der Waals surface area contributed by atoms with Gasteiger partial charge in [0.15, 0.2) is 0 Å². The molecule has 5 heteroatoms. The van der Waals surface area contributed by atoms with Crippen molar-refractivity contribution in [2.75, 3.05) is 0 Å². The molecule has 23 heavy (non-hydrogen) atoms. The molecule has 5 nitrogen and oxygen atoms in total. The number of azo groups is 1. The molecule has 0 bridgehead atoms. The minimum atomic E-state index is -0.382. The highest BCUT2D eigenvalue weighted by Crippen LogP contribution is 2.32. The Labute approximate surface area is 132 Å². The first-order valence-corrected chi connectivity index (χ1v) is 7.15.